The Bertz CT molecular complexity index is 324. The standard InChI is InChI=1S/C10H16N2O4/c1-8-9(16-7-12-8)10(14)11-3-2-5-15-6-4-13/h7,13H,2-6H2,1H3,(H,11,14). The zero-order valence-electron chi connectivity index (χ0n) is 9.23. The number of hydrogen-bond donors (Lipinski definition) is 2. The van der Waals surface area contributed by atoms with E-state index >= 15 is 0 Å². The highest BCUT2D eigenvalue weighted by molar-refractivity contribution is 5.92. The molecule has 1 amide bonds. The van der Waals surface area contributed by atoms with Crippen molar-refractivity contribution in [1.29, 1.82) is 0 Å². The number of aryl methyl sites for hydroxylation is 1. The first-order valence-electron chi connectivity index (χ1n) is 5.12. The lowest BCUT2D eigenvalue weighted by atomic mass is 10.3. The Balaban J connectivity index is 2.14. The number of aromatic nitrogens is 1. The van der Waals surface area contributed by atoms with Crippen molar-refractivity contribution in [2.45, 2.75) is 13.3 Å². The fourth-order valence-corrected chi connectivity index (χ4v) is 1.14. The van der Waals surface area contributed by atoms with Gasteiger partial charge < -0.3 is 19.6 Å². The number of aliphatic hydroxyl groups is 1. The van der Waals surface area contributed by atoms with Crippen molar-refractivity contribution >= 4 is 5.91 Å². The number of ether oxygens (including phenoxy) is 1. The Morgan fingerprint density at radius 2 is 2.44 bits per heavy atom. The second-order valence-electron chi connectivity index (χ2n) is 3.21. The molecule has 1 heterocycles. The van der Waals surface area contributed by atoms with Crippen LogP contribution >= 0.6 is 0 Å². The SMILES string of the molecule is Cc1ncoc1C(=O)NCCCOCCO. The first-order valence-corrected chi connectivity index (χ1v) is 5.12. The topological polar surface area (TPSA) is 84.6 Å². The number of aliphatic hydroxyl groups excluding tert-OH is 1. The predicted octanol–water partition coefficient (Wildman–Crippen LogP) is 0.112. The zero-order valence-corrected chi connectivity index (χ0v) is 9.23. The number of hydrogen-bond acceptors (Lipinski definition) is 5. The summed E-state index contributed by atoms with van der Waals surface area (Å²) in [7, 11) is 0. The summed E-state index contributed by atoms with van der Waals surface area (Å²) in [5, 5.41) is 11.1. The molecule has 0 fully saturated rings. The first kappa shape index (κ1) is 12.7. The Morgan fingerprint density at radius 1 is 1.62 bits per heavy atom. The van der Waals surface area contributed by atoms with E-state index in [1.54, 1.807) is 6.92 Å². The van der Waals surface area contributed by atoms with Crippen LogP contribution in [0.5, 0.6) is 0 Å². The number of rotatable bonds is 7. The van der Waals surface area contributed by atoms with Crippen LogP contribution in [0.15, 0.2) is 10.8 Å². The largest absolute Gasteiger partial charge is 0.438 e. The van der Waals surface area contributed by atoms with Crippen molar-refractivity contribution in [1.82, 2.24) is 10.3 Å². The minimum atomic E-state index is -0.267. The van der Waals surface area contributed by atoms with Crippen LogP contribution in [0.1, 0.15) is 22.7 Å². The third-order valence-corrected chi connectivity index (χ3v) is 1.94. The van der Waals surface area contributed by atoms with Crippen LogP contribution in [0.4, 0.5) is 0 Å². The molecular formula is C10H16N2O4. The number of carbonyl (C=O) groups is 1. The minimum Gasteiger partial charge on any atom is -0.438 e. The molecule has 0 atom stereocenters. The molecule has 0 bridgehead atoms. The monoisotopic (exact) mass is 228 g/mol. The van der Waals surface area contributed by atoms with Crippen molar-refractivity contribution in [3.63, 3.8) is 0 Å². The third-order valence-electron chi connectivity index (χ3n) is 1.94. The van der Waals surface area contributed by atoms with Gasteiger partial charge in [-0.3, -0.25) is 4.79 Å². The normalized spacial score (nSPS) is 10.4. The third kappa shape index (κ3) is 4.00. The maximum atomic E-state index is 11.5. The van der Waals surface area contributed by atoms with E-state index in [2.05, 4.69) is 10.3 Å². The molecule has 0 aliphatic carbocycles. The minimum absolute atomic E-state index is 0.0175. The Labute approximate surface area is 93.6 Å². The molecule has 0 unspecified atom stereocenters. The van der Waals surface area contributed by atoms with Crippen LogP contribution < -0.4 is 5.32 Å². The van der Waals surface area contributed by atoms with Crippen molar-refractivity contribution in [3.05, 3.63) is 17.8 Å². The van der Waals surface area contributed by atoms with Crippen molar-refractivity contribution < 1.29 is 19.1 Å². The fraction of sp³-hybridized carbons (Fsp3) is 0.600. The van der Waals surface area contributed by atoms with Gasteiger partial charge in [0.2, 0.25) is 5.76 Å². The molecule has 90 valence electrons. The summed E-state index contributed by atoms with van der Waals surface area (Å²) in [6.45, 7) is 3.07. The van der Waals surface area contributed by atoms with E-state index < -0.39 is 0 Å². The second-order valence-corrected chi connectivity index (χ2v) is 3.21. The van der Waals surface area contributed by atoms with Gasteiger partial charge in [0, 0.05) is 13.2 Å². The highest BCUT2D eigenvalue weighted by Gasteiger charge is 2.12. The van der Waals surface area contributed by atoms with Gasteiger partial charge in [0.05, 0.1) is 18.9 Å². The Kier molecular flexibility index (Phi) is 5.52. The number of amides is 1. The van der Waals surface area contributed by atoms with Gasteiger partial charge in [-0.2, -0.15) is 0 Å². The highest BCUT2D eigenvalue weighted by atomic mass is 16.5. The van der Waals surface area contributed by atoms with Crippen molar-refractivity contribution in [2.75, 3.05) is 26.4 Å². The molecular weight excluding hydrogens is 212 g/mol. The summed E-state index contributed by atoms with van der Waals surface area (Å²) in [6.07, 6.45) is 1.94. The van der Waals surface area contributed by atoms with Gasteiger partial charge in [0.25, 0.3) is 5.91 Å². The van der Waals surface area contributed by atoms with Crippen LogP contribution in [-0.2, 0) is 4.74 Å². The molecule has 2 N–H and O–H groups in total. The summed E-state index contributed by atoms with van der Waals surface area (Å²) in [5.41, 5.74) is 0.578. The lowest BCUT2D eigenvalue weighted by molar-refractivity contribution is 0.0855. The molecule has 6 heteroatoms. The average molecular weight is 228 g/mol. The maximum Gasteiger partial charge on any atom is 0.288 e. The van der Waals surface area contributed by atoms with Crippen LogP contribution in [-0.4, -0.2) is 42.4 Å². The maximum absolute atomic E-state index is 11.5. The van der Waals surface area contributed by atoms with E-state index in [-0.39, 0.29) is 18.3 Å². The fourth-order valence-electron chi connectivity index (χ4n) is 1.14. The highest BCUT2D eigenvalue weighted by Crippen LogP contribution is 2.03. The van der Waals surface area contributed by atoms with Gasteiger partial charge in [-0.25, -0.2) is 4.98 Å². The lowest BCUT2D eigenvalue weighted by Gasteiger charge is -2.04. The van der Waals surface area contributed by atoms with E-state index in [0.717, 1.165) is 0 Å². The van der Waals surface area contributed by atoms with Gasteiger partial charge in [0.15, 0.2) is 6.39 Å². The number of carbonyl (C=O) groups excluding carboxylic acids is 1. The number of oxazole rings is 1. The summed E-state index contributed by atoms with van der Waals surface area (Å²) in [4.78, 5) is 15.3. The van der Waals surface area contributed by atoms with Gasteiger partial charge in [0.1, 0.15) is 0 Å². The van der Waals surface area contributed by atoms with E-state index in [4.69, 9.17) is 14.3 Å². The van der Waals surface area contributed by atoms with Crippen molar-refractivity contribution in [3.8, 4) is 0 Å². The van der Waals surface area contributed by atoms with Gasteiger partial charge >= 0.3 is 0 Å². The summed E-state index contributed by atoms with van der Waals surface area (Å²) >= 11 is 0. The molecule has 0 saturated carbocycles. The summed E-state index contributed by atoms with van der Waals surface area (Å²) in [6, 6.07) is 0. The predicted molar refractivity (Wildman–Crippen MR) is 56.1 cm³/mol. The van der Waals surface area contributed by atoms with E-state index in [9.17, 15) is 4.79 Å². The van der Waals surface area contributed by atoms with Crippen molar-refractivity contribution in [2.24, 2.45) is 0 Å². The van der Waals surface area contributed by atoms with Gasteiger partial charge in [-0.1, -0.05) is 0 Å². The van der Waals surface area contributed by atoms with Gasteiger partial charge in [-0.15, -0.1) is 0 Å². The lowest BCUT2D eigenvalue weighted by Crippen LogP contribution is -2.25. The average Bonchev–Trinajstić information content (AvgIpc) is 2.69. The molecule has 1 aromatic heterocycles. The molecule has 0 spiro atoms. The first-order chi connectivity index (χ1) is 7.75. The molecule has 16 heavy (non-hydrogen) atoms. The molecule has 1 aromatic rings. The van der Waals surface area contributed by atoms with E-state index in [0.29, 0.717) is 31.9 Å². The molecule has 0 aliphatic rings. The summed E-state index contributed by atoms with van der Waals surface area (Å²) in [5.74, 6) is -0.0200. The quantitative estimate of drug-likeness (QED) is 0.647. The number of nitrogens with zero attached hydrogens (tertiary/aromatic N) is 1. The molecule has 6 nitrogen and oxygen atoms in total. The summed E-state index contributed by atoms with van der Waals surface area (Å²) < 4.78 is 9.98. The Morgan fingerprint density at radius 3 is 3.06 bits per heavy atom. The van der Waals surface area contributed by atoms with Crippen LogP contribution in [0.2, 0.25) is 0 Å². The molecule has 0 saturated heterocycles. The molecule has 1 rings (SSSR count). The smallest absolute Gasteiger partial charge is 0.288 e. The molecule has 0 aliphatic heterocycles. The van der Waals surface area contributed by atoms with Crippen LogP contribution in [0.25, 0.3) is 0 Å². The van der Waals surface area contributed by atoms with Crippen LogP contribution in [0.3, 0.4) is 0 Å². The Hall–Kier alpha value is -1.40. The van der Waals surface area contributed by atoms with E-state index in [1.165, 1.54) is 6.39 Å². The number of nitrogens with one attached hydrogen (secondary N) is 1. The zero-order chi connectivity index (χ0) is 11.8. The van der Waals surface area contributed by atoms with E-state index in [1.807, 2.05) is 0 Å². The second kappa shape index (κ2) is 6.97. The van der Waals surface area contributed by atoms with Gasteiger partial charge in [-0.05, 0) is 13.3 Å². The molecule has 0 radical (unpaired) electrons. The molecule has 0 aromatic carbocycles. The van der Waals surface area contributed by atoms with Crippen LogP contribution in [0, 0.1) is 6.92 Å².